The van der Waals surface area contributed by atoms with E-state index >= 15 is 0 Å². The van der Waals surface area contributed by atoms with Crippen LogP contribution in [0, 0.1) is 0 Å². The van der Waals surface area contributed by atoms with Crippen molar-refractivity contribution >= 4 is 26.0 Å². The Labute approximate surface area is 111 Å². The second-order valence-corrected chi connectivity index (χ2v) is 7.05. The quantitative estimate of drug-likeness (QED) is 0.828. The van der Waals surface area contributed by atoms with Crippen LogP contribution in [0.15, 0.2) is 33.6 Å². The fourth-order valence-corrected chi connectivity index (χ4v) is 3.03. The Kier molecular flexibility index (Phi) is 5.12. The van der Waals surface area contributed by atoms with Crippen molar-refractivity contribution in [2.45, 2.75) is 4.90 Å². The Balaban J connectivity index is 2.88. The average Bonchev–Trinajstić information content (AvgIpc) is 2.25. The summed E-state index contributed by atoms with van der Waals surface area (Å²) in [5, 5.41) is 0. The molecular formula is C11H17BrN2O2S. The Bertz CT molecular complexity index is 474. The first kappa shape index (κ1) is 14.6. The summed E-state index contributed by atoms with van der Waals surface area (Å²) < 4.78 is 26.5. The highest BCUT2D eigenvalue weighted by molar-refractivity contribution is 9.10. The van der Waals surface area contributed by atoms with E-state index in [1.807, 2.05) is 19.0 Å². The van der Waals surface area contributed by atoms with Gasteiger partial charge in [-0.05, 0) is 32.3 Å². The number of hydrogen-bond donors (Lipinski definition) is 0. The summed E-state index contributed by atoms with van der Waals surface area (Å²) in [7, 11) is 2.05. The second-order valence-electron chi connectivity index (χ2n) is 4.09. The van der Waals surface area contributed by atoms with Crippen LogP contribution in [0.25, 0.3) is 0 Å². The van der Waals surface area contributed by atoms with Crippen molar-refractivity contribution in [3.8, 4) is 0 Å². The molecule has 1 rings (SSSR count). The molecule has 0 aliphatic carbocycles. The molecule has 0 atom stereocenters. The van der Waals surface area contributed by atoms with Crippen LogP contribution >= 0.6 is 15.9 Å². The Morgan fingerprint density at radius 1 is 1.18 bits per heavy atom. The van der Waals surface area contributed by atoms with Gasteiger partial charge in [0, 0.05) is 24.6 Å². The summed E-state index contributed by atoms with van der Waals surface area (Å²) in [5.41, 5.74) is 0. The van der Waals surface area contributed by atoms with Crippen LogP contribution in [0.5, 0.6) is 0 Å². The van der Waals surface area contributed by atoms with E-state index in [1.54, 1.807) is 31.3 Å². The van der Waals surface area contributed by atoms with Crippen molar-refractivity contribution in [3.05, 3.63) is 28.7 Å². The molecule has 0 fully saturated rings. The van der Waals surface area contributed by atoms with Gasteiger partial charge >= 0.3 is 0 Å². The highest BCUT2D eigenvalue weighted by Crippen LogP contribution is 2.18. The summed E-state index contributed by atoms with van der Waals surface area (Å²) in [5.74, 6) is 0. The zero-order valence-electron chi connectivity index (χ0n) is 10.2. The molecule has 0 aromatic heterocycles. The van der Waals surface area contributed by atoms with E-state index in [-0.39, 0.29) is 0 Å². The largest absolute Gasteiger partial charge is 0.308 e. The van der Waals surface area contributed by atoms with Gasteiger partial charge in [-0.3, -0.25) is 0 Å². The van der Waals surface area contributed by atoms with E-state index in [0.717, 1.165) is 4.47 Å². The average molecular weight is 321 g/mol. The molecule has 0 unspecified atom stereocenters. The molecule has 0 N–H and O–H groups in total. The Hall–Kier alpha value is -0.430. The van der Waals surface area contributed by atoms with Gasteiger partial charge in [-0.25, -0.2) is 8.42 Å². The lowest BCUT2D eigenvalue weighted by atomic mass is 10.4. The summed E-state index contributed by atoms with van der Waals surface area (Å²) in [6.07, 6.45) is 0. The zero-order chi connectivity index (χ0) is 13.1. The predicted molar refractivity (Wildman–Crippen MR) is 72.5 cm³/mol. The van der Waals surface area contributed by atoms with E-state index in [9.17, 15) is 8.42 Å². The number of likely N-dealkylation sites (N-methyl/N-ethyl adjacent to an activating group) is 2. The number of nitrogens with zero attached hydrogens (tertiary/aromatic N) is 2. The third-order valence-electron chi connectivity index (χ3n) is 2.37. The first-order valence-electron chi connectivity index (χ1n) is 5.20. The molecule has 0 spiro atoms. The highest BCUT2D eigenvalue weighted by Gasteiger charge is 2.20. The van der Waals surface area contributed by atoms with E-state index in [0.29, 0.717) is 18.0 Å². The third-order valence-corrected chi connectivity index (χ3v) is 4.71. The highest BCUT2D eigenvalue weighted by atomic mass is 79.9. The third kappa shape index (κ3) is 4.06. The zero-order valence-corrected chi connectivity index (χ0v) is 12.6. The van der Waals surface area contributed by atoms with Crippen LogP contribution in [-0.2, 0) is 10.0 Å². The van der Waals surface area contributed by atoms with Gasteiger partial charge in [-0.2, -0.15) is 4.31 Å². The number of hydrogen-bond acceptors (Lipinski definition) is 3. The van der Waals surface area contributed by atoms with Gasteiger partial charge in [0.1, 0.15) is 0 Å². The second kappa shape index (κ2) is 5.95. The number of sulfonamides is 1. The lowest BCUT2D eigenvalue weighted by Gasteiger charge is -2.19. The molecular weight excluding hydrogens is 304 g/mol. The topological polar surface area (TPSA) is 40.6 Å². The molecule has 6 heteroatoms. The maximum absolute atomic E-state index is 12.2. The van der Waals surface area contributed by atoms with Crippen LogP contribution in [-0.4, -0.2) is 51.9 Å². The van der Waals surface area contributed by atoms with Crippen molar-refractivity contribution in [2.75, 3.05) is 34.2 Å². The summed E-state index contributed by atoms with van der Waals surface area (Å²) in [6, 6.07) is 6.74. The standard InChI is InChI=1S/C11H17BrN2O2S/c1-13(2)7-8-14(3)17(15,16)11-6-4-5-10(12)9-11/h4-6,9H,7-8H2,1-3H3. The van der Waals surface area contributed by atoms with Crippen LogP contribution in [0.3, 0.4) is 0 Å². The van der Waals surface area contributed by atoms with Gasteiger partial charge in [0.25, 0.3) is 0 Å². The van der Waals surface area contributed by atoms with Gasteiger partial charge in [-0.1, -0.05) is 22.0 Å². The molecule has 1 aromatic carbocycles. The minimum Gasteiger partial charge on any atom is -0.308 e. The van der Waals surface area contributed by atoms with Gasteiger partial charge in [-0.15, -0.1) is 0 Å². The number of halogens is 1. The molecule has 0 amide bonds. The molecule has 4 nitrogen and oxygen atoms in total. The SMILES string of the molecule is CN(C)CCN(C)S(=O)(=O)c1cccc(Br)c1. The molecule has 17 heavy (non-hydrogen) atoms. The Morgan fingerprint density at radius 3 is 2.35 bits per heavy atom. The van der Waals surface area contributed by atoms with Gasteiger partial charge in [0.05, 0.1) is 4.90 Å². The molecule has 0 aliphatic rings. The fraction of sp³-hybridized carbons (Fsp3) is 0.455. The van der Waals surface area contributed by atoms with Crippen LogP contribution in [0.4, 0.5) is 0 Å². The summed E-state index contributed by atoms with van der Waals surface area (Å²) in [4.78, 5) is 2.26. The molecule has 1 aromatic rings. The molecule has 0 aliphatic heterocycles. The molecule has 0 bridgehead atoms. The number of benzene rings is 1. The van der Waals surface area contributed by atoms with Crippen molar-refractivity contribution < 1.29 is 8.42 Å². The maximum atomic E-state index is 12.2. The van der Waals surface area contributed by atoms with Gasteiger partial charge in [0.15, 0.2) is 0 Å². The Morgan fingerprint density at radius 2 is 1.82 bits per heavy atom. The smallest absolute Gasteiger partial charge is 0.242 e. The van der Waals surface area contributed by atoms with E-state index in [1.165, 1.54) is 4.31 Å². The fourth-order valence-electron chi connectivity index (χ4n) is 1.27. The predicted octanol–water partition coefficient (Wildman–Crippen LogP) is 1.63. The van der Waals surface area contributed by atoms with Crippen LogP contribution < -0.4 is 0 Å². The monoisotopic (exact) mass is 320 g/mol. The van der Waals surface area contributed by atoms with Crippen molar-refractivity contribution in [1.29, 1.82) is 0 Å². The van der Waals surface area contributed by atoms with Crippen LogP contribution in [0.1, 0.15) is 0 Å². The van der Waals surface area contributed by atoms with Crippen LogP contribution in [0.2, 0.25) is 0 Å². The van der Waals surface area contributed by atoms with Gasteiger partial charge < -0.3 is 4.90 Å². The molecule has 96 valence electrons. The minimum absolute atomic E-state index is 0.313. The molecule has 0 saturated carbocycles. The summed E-state index contributed by atoms with van der Waals surface area (Å²) in [6.45, 7) is 1.17. The maximum Gasteiger partial charge on any atom is 0.242 e. The first-order valence-corrected chi connectivity index (χ1v) is 7.44. The van der Waals surface area contributed by atoms with Crippen molar-refractivity contribution in [3.63, 3.8) is 0 Å². The molecule has 0 saturated heterocycles. The first-order chi connectivity index (χ1) is 7.84. The van der Waals surface area contributed by atoms with E-state index in [4.69, 9.17) is 0 Å². The molecule has 0 radical (unpaired) electrons. The van der Waals surface area contributed by atoms with E-state index < -0.39 is 10.0 Å². The van der Waals surface area contributed by atoms with Crippen molar-refractivity contribution in [1.82, 2.24) is 9.21 Å². The lowest BCUT2D eigenvalue weighted by Crippen LogP contribution is -2.33. The normalized spacial score (nSPS) is 12.4. The molecule has 0 heterocycles. The lowest BCUT2D eigenvalue weighted by molar-refractivity contribution is 0.358. The van der Waals surface area contributed by atoms with Crippen molar-refractivity contribution in [2.24, 2.45) is 0 Å². The number of rotatable bonds is 5. The van der Waals surface area contributed by atoms with Gasteiger partial charge in [0.2, 0.25) is 10.0 Å². The van der Waals surface area contributed by atoms with E-state index in [2.05, 4.69) is 15.9 Å². The summed E-state index contributed by atoms with van der Waals surface area (Å²) >= 11 is 3.27. The minimum atomic E-state index is -3.38.